The molecule has 0 atom stereocenters. The van der Waals surface area contributed by atoms with Crippen LogP contribution in [-0.4, -0.2) is 37.2 Å². The first-order chi connectivity index (χ1) is 12.2. The SMILES string of the molecule is N#Cc1ccc(/C=C/C(=O)Nc2ccc(N3CCOCC3)nc2)cc1. The molecule has 0 aliphatic carbocycles. The first kappa shape index (κ1) is 16.7. The number of carbonyl (C=O) groups excluding carboxylic acids is 1. The number of anilines is 2. The van der Waals surface area contributed by atoms with Crippen molar-refractivity contribution in [1.29, 1.82) is 5.26 Å². The van der Waals surface area contributed by atoms with Gasteiger partial charge in [0.2, 0.25) is 5.91 Å². The van der Waals surface area contributed by atoms with Crippen LogP contribution < -0.4 is 10.2 Å². The molecule has 126 valence electrons. The molecule has 2 heterocycles. The van der Waals surface area contributed by atoms with Crippen molar-refractivity contribution in [2.24, 2.45) is 0 Å². The molecule has 0 saturated carbocycles. The lowest BCUT2D eigenvalue weighted by atomic mass is 10.1. The van der Waals surface area contributed by atoms with Crippen LogP contribution in [0.5, 0.6) is 0 Å². The topological polar surface area (TPSA) is 78.2 Å². The van der Waals surface area contributed by atoms with Crippen molar-refractivity contribution in [3.63, 3.8) is 0 Å². The summed E-state index contributed by atoms with van der Waals surface area (Å²) in [6, 6.07) is 12.8. The number of nitrogens with zero attached hydrogens (tertiary/aromatic N) is 3. The number of nitrogens with one attached hydrogen (secondary N) is 1. The van der Waals surface area contributed by atoms with Crippen LogP contribution in [0.4, 0.5) is 11.5 Å². The van der Waals surface area contributed by atoms with Crippen molar-refractivity contribution in [3.05, 3.63) is 59.8 Å². The Balaban J connectivity index is 1.56. The van der Waals surface area contributed by atoms with Gasteiger partial charge in [0.1, 0.15) is 5.82 Å². The van der Waals surface area contributed by atoms with E-state index in [0.29, 0.717) is 24.5 Å². The van der Waals surface area contributed by atoms with Gasteiger partial charge in [-0.05, 0) is 35.9 Å². The average Bonchev–Trinajstić information content (AvgIpc) is 2.68. The average molecular weight is 334 g/mol. The summed E-state index contributed by atoms with van der Waals surface area (Å²) in [5.41, 5.74) is 2.09. The zero-order valence-corrected chi connectivity index (χ0v) is 13.7. The fourth-order valence-corrected chi connectivity index (χ4v) is 2.46. The van der Waals surface area contributed by atoms with Crippen molar-refractivity contribution in [1.82, 2.24) is 4.98 Å². The van der Waals surface area contributed by atoms with Crippen molar-refractivity contribution >= 4 is 23.5 Å². The molecule has 0 unspecified atom stereocenters. The van der Waals surface area contributed by atoms with E-state index in [1.54, 1.807) is 36.5 Å². The Bertz CT molecular complexity index is 786. The van der Waals surface area contributed by atoms with Crippen LogP contribution in [0.15, 0.2) is 48.7 Å². The molecule has 1 aliphatic heterocycles. The standard InChI is InChI=1S/C19H18N4O2/c20-13-16-3-1-15(2-4-16)5-8-19(24)22-17-6-7-18(21-14-17)23-9-11-25-12-10-23/h1-8,14H,9-12H2,(H,22,24)/b8-5+. The number of benzene rings is 1. The molecule has 2 aromatic rings. The van der Waals surface area contributed by atoms with E-state index in [4.69, 9.17) is 10.00 Å². The zero-order chi connectivity index (χ0) is 17.5. The Hall–Kier alpha value is -3.17. The highest BCUT2D eigenvalue weighted by Crippen LogP contribution is 2.15. The Labute approximate surface area is 146 Å². The smallest absolute Gasteiger partial charge is 0.248 e. The largest absolute Gasteiger partial charge is 0.378 e. The van der Waals surface area contributed by atoms with Crippen LogP contribution in [0.1, 0.15) is 11.1 Å². The van der Waals surface area contributed by atoms with Crippen LogP contribution in [-0.2, 0) is 9.53 Å². The summed E-state index contributed by atoms with van der Waals surface area (Å²) in [4.78, 5) is 18.5. The summed E-state index contributed by atoms with van der Waals surface area (Å²) < 4.78 is 5.32. The summed E-state index contributed by atoms with van der Waals surface area (Å²) in [5, 5.41) is 11.5. The van der Waals surface area contributed by atoms with Crippen molar-refractivity contribution < 1.29 is 9.53 Å². The lowest BCUT2D eigenvalue weighted by molar-refractivity contribution is -0.111. The van der Waals surface area contributed by atoms with E-state index in [2.05, 4.69) is 21.3 Å². The molecule has 1 saturated heterocycles. The van der Waals surface area contributed by atoms with E-state index < -0.39 is 0 Å². The third kappa shape index (κ3) is 4.66. The molecule has 1 amide bonds. The molecule has 6 heteroatoms. The van der Waals surface area contributed by atoms with Gasteiger partial charge in [0.05, 0.1) is 36.7 Å². The number of morpholine rings is 1. The van der Waals surface area contributed by atoms with E-state index in [9.17, 15) is 4.79 Å². The van der Waals surface area contributed by atoms with Gasteiger partial charge in [-0.2, -0.15) is 5.26 Å². The quantitative estimate of drug-likeness (QED) is 0.869. The molecular formula is C19H18N4O2. The molecule has 3 rings (SSSR count). The minimum absolute atomic E-state index is 0.231. The predicted octanol–water partition coefficient (Wildman–Crippen LogP) is 2.44. The van der Waals surface area contributed by atoms with Crippen molar-refractivity contribution in [2.75, 3.05) is 36.5 Å². The van der Waals surface area contributed by atoms with Crippen LogP contribution in [0.3, 0.4) is 0 Å². The summed E-state index contributed by atoms with van der Waals surface area (Å²) in [6.07, 6.45) is 4.81. The molecule has 1 N–H and O–H groups in total. The second-order valence-corrected chi connectivity index (χ2v) is 5.56. The third-order valence-corrected chi connectivity index (χ3v) is 3.82. The molecule has 0 radical (unpaired) electrons. The maximum Gasteiger partial charge on any atom is 0.248 e. The normalized spacial score (nSPS) is 14.3. The lowest BCUT2D eigenvalue weighted by Crippen LogP contribution is -2.36. The highest BCUT2D eigenvalue weighted by Gasteiger charge is 2.12. The fourth-order valence-electron chi connectivity index (χ4n) is 2.46. The number of aromatic nitrogens is 1. The van der Waals surface area contributed by atoms with Gasteiger partial charge in [-0.3, -0.25) is 4.79 Å². The van der Waals surface area contributed by atoms with E-state index in [1.807, 2.05) is 12.1 Å². The van der Waals surface area contributed by atoms with E-state index in [-0.39, 0.29) is 5.91 Å². The van der Waals surface area contributed by atoms with E-state index in [0.717, 1.165) is 24.5 Å². The molecule has 1 aromatic carbocycles. The van der Waals surface area contributed by atoms with Crippen molar-refractivity contribution in [3.8, 4) is 6.07 Å². The first-order valence-corrected chi connectivity index (χ1v) is 8.02. The maximum atomic E-state index is 12.0. The van der Waals surface area contributed by atoms with Crippen LogP contribution in [0.2, 0.25) is 0 Å². The summed E-state index contributed by atoms with van der Waals surface area (Å²) in [6.45, 7) is 3.07. The molecular weight excluding hydrogens is 316 g/mol. The molecule has 1 aromatic heterocycles. The molecule has 0 spiro atoms. The number of rotatable bonds is 4. The van der Waals surface area contributed by atoms with Gasteiger partial charge in [0.25, 0.3) is 0 Å². The third-order valence-electron chi connectivity index (χ3n) is 3.82. The Kier molecular flexibility index (Phi) is 5.39. The number of amides is 1. The lowest BCUT2D eigenvalue weighted by Gasteiger charge is -2.27. The number of ether oxygens (including phenoxy) is 1. The highest BCUT2D eigenvalue weighted by atomic mass is 16.5. The first-order valence-electron chi connectivity index (χ1n) is 8.02. The number of carbonyl (C=O) groups is 1. The van der Waals surface area contributed by atoms with Gasteiger partial charge < -0.3 is 15.0 Å². The fraction of sp³-hybridized carbons (Fsp3) is 0.211. The molecule has 25 heavy (non-hydrogen) atoms. The highest BCUT2D eigenvalue weighted by molar-refractivity contribution is 6.01. The predicted molar refractivity (Wildman–Crippen MR) is 96.1 cm³/mol. The van der Waals surface area contributed by atoms with Crippen molar-refractivity contribution in [2.45, 2.75) is 0 Å². The summed E-state index contributed by atoms with van der Waals surface area (Å²) in [7, 11) is 0. The second kappa shape index (κ2) is 8.08. The van der Waals surface area contributed by atoms with Gasteiger partial charge in [0.15, 0.2) is 0 Å². The number of hydrogen-bond donors (Lipinski definition) is 1. The van der Waals surface area contributed by atoms with Gasteiger partial charge in [-0.15, -0.1) is 0 Å². The van der Waals surface area contributed by atoms with Crippen LogP contribution in [0.25, 0.3) is 6.08 Å². The Morgan fingerprint density at radius 3 is 2.60 bits per heavy atom. The van der Waals surface area contributed by atoms with Gasteiger partial charge >= 0.3 is 0 Å². The van der Waals surface area contributed by atoms with E-state index >= 15 is 0 Å². The van der Waals surface area contributed by atoms with Gasteiger partial charge in [0, 0.05) is 19.2 Å². The number of nitriles is 1. The number of pyridine rings is 1. The Morgan fingerprint density at radius 2 is 1.96 bits per heavy atom. The molecule has 1 fully saturated rings. The number of hydrogen-bond acceptors (Lipinski definition) is 5. The summed E-state index contributed by atoms with van der Waals surface area (Å²) in [5.74, 6) is 0.653. The maximum absolute atomic E-state index is 12.0. The molecule has 6 nitrogen and oxygen atoms in total. The monoisotopic (exact) mass is 334 g/mol. The van der Waals surface area contributed by atoms with Gasteiger partial charge in [-0.1, -0.05) is 12.1 Å². The summed E-state index contributed by atoms with van der Waals surface area (Å²) >= 11 is 0. The second-order valence-electron chi connectivity index (χ2n) is 5.56. The minimum Gasteiger partial charge on any atom is -0.378 e. The van der Waals surface area contributed by atoms with Crippen LogP contribution >= 0.6 is 0 Å². The zero-order valence-electron chi connectivity index (χ0n) is 13.7. The molecule has 1 aliphatic rings. The van der Waals surface area contributed by atoms with E-state index in [1.165, 1.54) is 6.08 Å². The van der Waals surface area contributed by atoms with Gasteiger partial charge in [-0.25, -0.2) is 4.98 Å². The minimum atomic E-state index is -0.231. The van der Waals surface area contributed by atoms with Crippen LogP contribution in [0, 0.1) is 11.3 Å². The Morgan fingerprint density at radius 1 is 1.20 bits per heavy atom. The molecule has 0 bridgehead atoms.